The van der Waals surface area contributed by atoms with Gasteiger partial charge in [0.25, 0.3) is 0 Å². The van der Waals surface area contributed by atoms with E-state index in [9.17, 15) is 0 Å². The van der Waals surface area contributed by atoms with Crippen molar-refractivity contribution in [2.45, 2.75) is 33.1 Å². The Balaban J connectivity index is 2.21. The van der Waals surface area contributed by atoms with E-state index in [1.165, 1.54) is 18.4 Å². The van der Waals surface area contributed by atoms with Gasteiger partial charge in [-0.05, 0) is 65.3 Å². The maximum atomic E-state index is 4.21. The number of rotatable bonds is 5. The Morgan fingerprint density at radius 2 is 1.90 bits per heavy atom. The van der Waals surface area contributed by atoms with E-state index in [2.05, 4.69) is 57.9 Å². The van der Waals surface area contributed by atoms with Crippen LogP contribution in [0.15, 0.2) is 48.1 Å². The van der Waals surface area contributed by atoms with Gasteiger partial charge in [-0.15, -0.1) is 0 Å². The molecule has 1 aliphatic carbocycles. The maximum absolute atomic E-state index is 4.21. The molecule has 0 spiro atoms. The summed E-state index contributed by atoms with van der Waals surface area (Å²) < 4.78 is 0. The van der Waals surface area contributed by atoms with Crippen molar-refractivity contribution in [2.75, 3.05) is 0 Å². The Bertz CT molecular complexity index is 666. The first kappa shape index (κ1) is 14.6. The fourth-order valence-electron chi connectivity index (χ4n) is 2.37. The van der Waals surface area contributed by atoms with Crippen LogP contribution in [0.3, 0.4) is 0 Å². The van der Waals surface area contributed by atoms with E-state index in [4.69, 9.17) is 0 Å². The van der Waals surface area contributed by atoms with Crippen LogP contribution in [0, 0.1) is 5.92 Å². The molecule has 0 amide bonds. The Morgan fingerprint density at radius 3 is 2.45 bits per heavy atom. The Labute approximate surface area is 122 Å². The molecule has 0 bridgehead atoms. The van der Waals surface area contributed by atoms with Crippen LogP contribution in [0.1, 0.15) is 38.7 Å². The zero-order valence-electron chi connectivity index (χ0n) is 12.7. The minimum atomic E-state index is 0.842. The summed E-state index contributed by atoms with van der Waals surface area (Å²) >= 11 is 0. The minimum Gasteiger partial charge on any atom is -0.0912 e. The first-order valence-corrected chi connectivity index (χ1v) is 7.38. The number of hydrogen-bond donors (Lipinski definition) is 0. The molecule has 0 heterocycles. The largest absolute Gasteiger partial charge is 0.0912 e. The van der Waals surface area contributed by atoms with Crippen LogP contribution in [0.25, 0.3) is 18.7 Å². The molecule has 1 aromatic carbocycles. The molecule has 0 aliphatic heterocycles. The molecule has 2 rings (SSSR count). The van der Waals surface area contributed by atoms with Crippen LogP contribution >= 0.6 is 0 Å². The summed E-state index contributed by atoms with van der Waals surface area (Å²) in [6.07, 6.45) is 8.38. The molecule has 0 unspecified atom stereocenters. The van der Waals surface area contributed by atoms with E-state index >= 15 is 0 Å². The van der Waals surface area contributed by atoms with Gasteiger partial charge in [-0.2, -0.15) is 0 Å². The Kier molecular flexibility index (Phi) is 4.44. The SMILES string of the molecule is C=C(/C(C)=C/C=C(\CC)C1CC1)c1ccc(=C)c(=C)c1. The fourth-order valence-corrected chi connectivity index (χ4v) is 2.37. The van der Waals surface area contributed by atoms with Gasteiger partial charge in [0.15, 0.2) is 0 Å². The highest BCUT2D eigenvalue weighted by atomic mass is 14.3. The summed E-state index contributed by atoms with van der Waals surface area (Å²) in [5, 5.41) is 1.95. The highest BCUT2D eigenvalue weighted by Gasteiger charge is 2.23. The van der Waals surface area contributed by atoms with Gasteiger partial charge in [-0.1, -0.05) is 56.5 Å². The quantitative estimate of drug-likeness (QED) is 0.699. The molecule has 0 heteroatoms. The first-order valence-electron chi connectivity index (χ1n) is 7.38. The van der Waals surface area contributed by atoms with E-state index in [1.807, 2.05) is 6.07 Å². The van der Waals surface area contributed by atoms with Crippen LogP contribution in [0.4, 0.5) is 0 Å². The highest BCUT2D eigenvalue weighted by Crippen LogP contribution is 2.38. The van der Waals surface area contributed by atoms with Gasteiger partial charge in [0.05, 0.1) is 0 Å². The van der Waals surface area contributed by atoms with Crippen molar-refractivity contribution in [3.8, 4) is 0 Å². The number of hydrogen-bond acceptors (Lipinski definition) is 0. The van der Waals surface area contributed by atoms with Crippen LogP contribution in [0.2, 0.25) is 0 Å². The van der Waals surface area contributed by atoms with Crippen molar-refractivity contribution in [3.05, 3.63) is 64.1 Å². The smallest absolute Gasteiger partial charge is 0.0181 e. The van der Waals surface area contributed by atoms with Crippen molar-refractivity contribution in [2.24, 2.45) is 5.92 Å². The Hall–Kier alpha value is -1.82. The van der Waals surface area contributed by atoms with Gasteiger partial charge < -0.3 is 0 Å². The molecule has 0 radical (unpaired) electrons. The molecule has 0 nitrogen and oxygen atoms in total. The molecule has 20 heavy (non-hydrogen) atoms. The van der Waals surface area contributed by atoms with Crippen LogP contribution in [0.5, 0.6) is 0 Å². The lowest BCUT2D eigenvalue weighted by Gasteiger charge is -2.07. The van der Waals surface area contributed by atoms with Gasteiger partial charge in [-0.25, -0.2) is 0 Å². The zero-order valence-corrected chi connectivity index (χ0v) is 12.7. The van der Waals surface area contributed by atoms with Gasteiger partial charge in [0, 0.05) is 0 Å². The minimum absolute atomic E-state index is 0.842. The Morgan fingerprint density at radius 1 is 1.20 bits per heavy atom. The van der Waals surface area contributed by atoms with Crippen molar-refractivity contribution >= 4 is 18.7 Å². The predicted molar refractivity (Wildman–Crippen MR) is 90.6 cm³/mol. The maximum Gasteiger partial charge on any atom is -0.0181 e. The van der Waals surface area contributed by atoms with E-state index in [-0.39, 0.29) is 0 Å². The summed E-state index contributed by atoms with van der Waals surface area (Å²) in [5.41, 5.74) is 4.99. The molecule has 0 aromatic heterocycles. The standard InChI is InChI=1S/C20H24/c1-6-18(19-11-12-19)9-8-15(3)17(5)20-10-7-14(2)16(4)13-20/h7-10,13,19H,2,4-6,11-12H2,1,3H3/b15-8+,18-9+. The molecule has 1 aromatic rings. The lowest BCUT2D eigenvalue weighted by Crippen LogP contribution is -2.21. The lowest BCUT2D eigenvalue weighted by molar-refractivity contribution is 0.912. The van der Waals surface area contributed by atoms with Crippen molar-refractivity contribution in [3.63, 3.8) is 0 Å². The monoisotopic (exact) mass is 264 g/mol. The molecule has 0 atom stereocenters. The van der Waals surface area contributed by atoms with Gasteiger partial charge >= 0.3 is 0 Å². The summed E-state index contributed by atoms with van der Waals surface area (Å²) in [6.45, 7) is 16.5. The van der Waals surface area contributed by atoms with Crippen molar-refractivity contribution in [1.29, 1.82) is 0 Å². The average molecular weight is 264 g/mol. The van der Waals surface area contributed by atoms with Crippen LogP contribution in [-0.2, 0) is 0 Å². The third-order valence-corrected chi connectivity index (χ3v) is 4.09. The molecule has 1 aliphatic rings. The summed E-state index contributed by atoms with van der Waals surface area (Å²) in [4.78, 5) is 0. The summed E-state index contributed by atoms with van der Waals surface area (Å²) in [5.74, 6) is 0.842. The van der Waals surface area contributed by atoms with E-state index < -0.39 is 0 Å². The molecular weight excluding hydrogens is 240 g/mol. The third kappa shape index (κ3) is 3.39. The summed E-state index contributed by atoms with van der Waals surface area (Å²) in [7, 11) is 0. The average Bonchev–Trinajstić information content (AvgIpc) is 3.26. The number of benzene rings is 1. The zero-order chi connectivity index (χ0) is 14.7. The molecule has 0 saturated heterocycles. The second kappa shape index (κ2) is 6.09. The van der Waals surface area contributed by atoms with E-state index in [0.29, 0.717) is 0 Å². The second-order valence-corrected chi connectivity index (χ2v) is 5.68. The van der Waals surface area contributed by atoms with Gasteiger partial charge in [0.2, 0.25) is 0 Å². The number of allylic oxidation sites excluding steroid dienone is 5. The lowest BCUT2D eigenvalue weighted by atomic mass is 9.98. The van der Waals surface area contributed by atoms with Crippen molar-refractivity contribution in [1.82, 2.24) is 0 Å². The molecule has 1 fully saturated rings. The predicted octanol–water partition coefficient (Wildman–Crippen LogP) is 4.21. The normalized spacial score (nSPS) is 16.3. The second-order valence-electron chi connectivity index (χ2n) is 5.68. The van der Waals surface area contributed by atoms with Crippen LogP contribution in [-0.4, -0.2) is 0 Å². The molecule has 104 valence electrons. The van der Waals surface area contributed by atoms with Gasteiger partial charge in [0.1, 0.15) is 0 Å². The highest BCUT2D eigenvalue weighted by molar-refractivity contribution is 5.77. The first-order chi connectivity index (χ1) is 9.52. The van der Waals surface area contributed by atoms with Gasteiger partial charge in [-0.3, -0.25) is 0 Å². The molecular formula is C20H24. The van der Waals surface area contributed by atoms with E-state index in [1.54, 1.807) is 5.57 Å². The van der Waals surface area contributed by atoms with E-state index in [0.717, 1.165) is 33.9 Å². The molecule has 1 saturated carbocycles. The van der Waals surface area contributed by atoms with Crippen LogP contribution < -0.4 is 10.4 Å². The topological polar surface area (TPSA) is 0 Å². The fraction of sp³-hybridized carbons (Fsp3) is 0.300. The van der Waals surface area contributed by atoms with Crippen molar-refractivity contribution < 1.29 is 0 Å². The third-order valence-electron chi connectivity index (χ3n) is 4.09. The summed E-state index contributed by atoms with van der Waals surface area (Å²) in [6, 6.07) is 6.14. The molecule has 0 N–H and O–H groups in total.